The largest absolute Gasteiger partial charge is 0.378 e. The van der Waals surface area contributed by atoms with Gasteiger partial charge in [-0.3, -0.25) is 4.90 Å². The summed E-state index contributed by atoms with van der Waals surface area (Å²) in [7, 11) is 2.19. The minimum atomic E-state index is 0.184. The summed E-state index contributed by atoms with van der Waals surface area (Å²) in [5, 5.41) is 3.00. The Hall–Kier alpha value is -1.37. The van der Waals surface area contributed by atoms with Crippen LogP contribution in [-0.2, 0) is 11.3 Å². The fourth-order valence-electron chi connectivity index (χ4n) is 3.52. The van der Waals surface area contributed by atoms with Crippen molar-refractivity contribution >= 4 is 11.3 Å². The molecule has 0 N–H and O–H groups in total. The van der Waals surface area contributed by atoms with Gasteiger partial charge in [-0.05, 0) is 26.0 Å². The summed E-state index contributed by atoms with van der Waals surface area (Å²) in [4.78, 5) is 15.7. The second kappa shape index (κ2) is 7.89. The van der Waals surface area contributed by atoms with Gasteiger partial charge in [-0.15, -0.1) is 11.3 Å². The van der Waals surface area contributed by atoms with Gasteiger partial charge < -0.3 is 4.74 Å². The number of aromatic nitrogens is 3. The van der Waals surface area contributed by atoms with Crippen molar-refractivity contribution < 1.29 is 4.74 Å². The van der Waals surface area contributed by atoms with Gasteiger partial charge in [-0.1, -0.05) is 27.2 Å². The van der Waals surface area contributed by atoms with Gasteiger partial charge in [0.05, 0.1) is 11.8 Å². The van der Waals surface area contributed by atoms with Crippen LogP contribution in [0.4, 0.5) is 0 Å². The molecule has 0 bridgehead atoms. The van der Waals surface area contributed by atoms with E-state index >= 15 is 0 Å². The molecule has 0 radical (unpaired) electrons. The van der Waals surface area contributed by atoms with E-state index in [4.69, 9.17) is 9.72 Å². The van der Waals surface area contributed by atoms with Crippen LogP contribution < -0.4 is 0 Å². The van der Waals surface area contributed by atoms with Crippen LogP contribution in [0, 0.1) is 5.41 Å². The summed E-state index contributed by atoms with van der Waals surface area (Å²) < 4.78 is 6.07. The molecule has 0 saturated heterocycles. The molecule has 1 fully saturated rings. The molecule has 2 atom stereocenters. The second-order valence-corrected chi connectivity index (χ2v) is 8.28. The first-order chi connectivity index (χ1) is 12.0. The molecule has 0 aromatic carbocycles. The van der Waals surface area contributed by atoms with Crippen molar-refractivity contribution in [3.63, 3.8) is 0 Å². The molecule has 0 aliphatic heterocycles. The summed E-state index contributed by atoms with van der Waals surface area (Å²) in [6.07, 6.45) is 7.32. The maximum atomic E-state index is 6.07. The lowest BCUT2D eigenvalue weighted by molar-refractivity contribution is -0.149. The average molecular weight is 361 g/mol. The van der Waals surface area contributed by atoms with E-state index in [-0.39, 0.29) is 5.41 Å². The number of rotatable bonds is 8. The zero-order valence-electron chi connectivity index (χ0n) is 15.6. The number of hydrogen-bond acceptors (Lipinski definition) is 6. The van der Waals surface area contributed by atoms with Gasteiger partial charge in [0.1, 0.15) is 0 Å². The minimum Gasteiger partial charge on any atom is -0.378 e. The van der Waals surface area contributed by atoms with Crippen molar-refractivity contribution in [2.75, 3.05) is 13.7 Å². The Morgan fingerprint density at radius 2 is 2.08 bits per heavy atom. The van der Waals surface area contributed by atoms with E-state index in [1.54, 1.807) is 23.7 Å². The highest BCUT2D eigenvalue weighted by Crippen LogP contribution is 2.45. The smallest absolute Gasteiger partial charge is 0.188 e. The topological polar surface area (TPSA) is 51.1 Å². The van der Waals surface area contributed by atoms with Crippen LogP contribution in [0.25, 0.3) is 10.8 Å². The Bertz CT molecular complexity index is 673. The molecule has 1 aliphatic rings. The third kappa shape index (κ3) is 4.07. The molecule has 2 aromatic heterocycles. The minimum absolute atomic E-state index is 0.184. The quantitative estimate of drug-likeness (QED) is 0.666. The first kappa shape index (κ1) is 18.4. The summed E-state index contributed by atoms with van der Waals surface area (Å²) >= 11 is 1.61. The predicted octanol–water partition coefficient (Wildman–Crippen LogP) is 4.02. The number of hydrogen-bond donors (Lipinski definition) is 0. The molecular formula is C19H28N4OS. The van der Waals surface area contributed by atoms with Crippen molar-refractivity contribution in [3.05, 3.63) is 29.5 Å². The van der Waals surface area contributed by atoms with Crippen LogP contribution in [0.15, 0.2) is 23.8 Å². The zero-order chi connectivity index (χ0) is 17.9. The van der Waals surface area contributed by atoms with E-state index in [2.05, 4.69) is 48.1 Å². The molecule has 0 amide bonds. The summed E-state index contributed by atoms with van der Waals surface area (Å²) in [5.41, 5.74) is 1.27. The molecule has 2 aromatic rings. The Morgan fingerprint density at radius 1 is 1.32 bits per heavy atom. The van der Waals surface area contributed by atoms with E-state index in [0.29, 0.717) is 18.0 Å². The fourth-order valence-corrected chi connectivity index (χ4v) is 4.28. The van der Waals surface area contributed by atoms with Gasteiger partial charge in [0.2, 0.25) is 0 Å². The maximum absolute atomic E-state index is 6.07. The Morgan fingerprint density at radius 3 is 2.76 bits per heavy atom. The van der Waals surface area contributed by atoms with Gasteiger partial charge in [0, 0.05) is 42.4 Å². The average Bonchev–Trinajstić information content (AvgIpc) is 3.06. The second-order valence-electron chi connectivity index (χ2n) is 7.42. The van der Waals surface area contributed by atoms with Crippen molar-refractivity contribution in [2.24, 2.45) is 5.41 Å². The van der Waals surface area contributed by atoms with Crippen LogP contribution in [0.2, 0.25) is 0 Å². The molecule has 1 aliphatic carbocycles. The van der Waals surface area contributed by atoms with E-state index < -0.39 is 0 Å². The number of ether oxygens (including phenoxy) is 1. The Kier molecular flexibility index (Phi) is 5.81. The zero-order valence-corrected chi connectivity index (χ0v) is 16.4. The van der Waals surface area contributed by atoms with Crippen LogP contribution in [0.5, 0.6) is 0 Å². The van der Waals surface area contributed by atoms with Crippen LogP contribution >= 0.6 is 11.3 Å². The van der Waals surface area contributed by atoms with E-state index in [1.165, 1.54) is 6.42 Å². The molecule has 5 nitrogen and oxygen atoms in total. The monoisotopic (exact) mass is 360 g/mol. The third-order valence-corrected chi connectivity index (χ3v) is 6.08. The highest BCUT2D eigenvalue weighted by Gasteiger charge is 2.50. The molecule has 6 heteroatoms. The first-order valence-corrected chi connectivity index (χ1v) is 9.94. The SMILES string of the molecule is CCCCO[C@H]1C[C@H](N(C)Cc2csc(-c3ncccn3)n2)C1(C)C. The summed E-state index contributed by atoms with van der Waals surface area (Å²) in [6, 6.07) is 2.35. The van der Waals surface area contributed by atoms with Crippen molar-refractivity contribution in [2.45, 2.75) is 58.7 Å². The van der Waals surface area contributed by atoms with Gasteiger partial charge in [-0.25, -0.2) is 15.0 Å². The summed E-state index contributed by atoms with van der Waals surface area (Å²) in [6.45, 7) is 8.57. The van der Waals surface area contributed by atoms with Gasteiger partial charge >= 0.3 is 0 Å². The van der Waals surface area contributed by atoms with Crippen LogP contribution in [0.3, 0.4) is 0 Å². The molecule has 136 valence electrons. The molecule has 0 spiro atoms. The standard InChI is InChI=1S/C19H28N4OS/c1-5-6-10-24-16-11-15(19(16,2)3)23(4)12-14-13-25-18(22-14)17-20-8-7-9-21-17/h7-9,13,15-16H,5-6,10-12H2,1-4H3/t15-,16-/m0/s1. The summed E-state index contributed by atoms with van der Waals surface area (Å²) in [5.74, 6) is 0.703. The third-order valence-electron chi connectivity index (χ3n) is 5.20. The maximum Gasteiger partial charge on any atom is 0.188 e. The molecule has 1 saturated carbocycles. The highest BCUT2D eigenvalue weighted by molar-refractivity contribution is 7.13. The Balaban J connectivity index is 1.56. The Labute approximate surface area is 154 Å². The van der Waals surface area contributed by atoms with E-state index in [9.17, 15) is 0 Å². The van der Waals surface area contributed by atoms with Crippen molar-refractivity contribution in [1.82, 2.24) is 19.9 Å². The highest BCUT2D eigenvalue weighted by atomic mass is 32.1. The molecule has 2 heterocycles. The predicted molar refractivity (Wildman–Crippen MR) is 101 cm³/mol. The van der Waals surface area contributed by atoms with E-state index in [0.717, 1.165) is 36.7 Å². The lowest BCUT2D eigenvalue weighted by Gasteiger charge is -2.55. The molecule has 0 unspecified atom stereocenters. The lowest BCUT2D eigenvalue weighted by atomic mass is 9.64. The number of unbranched alkanes of at least 4 members (excludes halogenated alkanes) is 1. The fraction of sp³-hybridized carbons (Fsp3) is 0.632. The molecule has 3 rings (SSSR count). The van der Waals surface area contributed by atoms with Crippen molar-refractivity contribution in [1.29, 1.82) is 0 Å². The first-order valence-electron chi connectivity index (χ1n) is 9.06. The normalized spacial score (nSPS) is 22.1. The van der Waals surface area contributed by atoms with Gasteiger partial charge in [0.15, 0.2) is 10.8 Å². The number of nitrogens with zero attached hydrogens (tertiary/aromatic N) is 4. The number of thiazole rings is 1. The van der Waals surface area contributed by atoms with Crippen LogP contribution in [0.1, 0.15) is 45.7 Å². The van der Waals surface area contributed by atoms with Crippen LogP contribution in [-0.4, -0.2) is 45.7 Å². The van der Waals surface area contributed by atoms with Crippen molar-refractivity contribution in [3.8, 4) is 10.8 Å². The van der Waals surface area contributed by atoms with Gasteiger partial charge in [0.25, 0.3) is 0 Å². The lowest BCUT2D eigenvalue weighted by Crippen LogP contribution is -2.61. The molecule has 25 heavy (non-hydrogen) atoms. The van der Waals surface area contributed by atoms with E-state index in [1.807, 2.05) is 6.07 Å². The van der Waals surface area contributed by atoms with Gasteiger partial charge in [-0.2, -0.15) is 0 Å². The molecular weight excluding hydrogens is 332 g/mol.